The summed E-state index contributed by atoms with van der Waals surface area (Å²) in [6, 6.07) is 13.7. The summed E-state index contributed by atoms with van der Waals surface area (Å²) in [4.78, 5) is 36.7. The first-order valence-electron chi connectivity index (χ1n) is 10.2. The second-order valence-corrected chi connectivity index (χ2v) is 6.92. The number of hydrogen-bond acceptors (Lipinski definition) is 6. The van der Waals surface area contributed by atoms with Gasteiger partial charge in [0.2, 0.25) is 11.7 Å². The molecule has 0 saturated carbocycles. The zero-order chi connectivity index (χ0) is 22.2. The number of ketones is 1. The molecule has 0 spiro atoms. The highest BCUT2D eigenvalue weighted by atomic mass is 16.5. The fourth-order valence-electron chi connectivity index (χ4n) is 3.08. The molecule has 1 amide bonds. The molecular weight excluding hydrogens is 398 g/mol. The maximum atomic E-state index is 12.6. The number of carbonyl (C=O) groups excluding carboxylic acids is 3. The van der Waals surface area contributed by atoms with Gasteiger partial charge in [0.25, 0.3) is 0 Å². The first-order valence-corrected chi connectivity index (χ1v) is 10.2. The molecule has 162 valence electrons. The summed E-state index contributed by atoms with van der Waals surface area (Å²) in [6.45, 7) is 4.05. The van der Waals surface area contributed by atoms with Crippen molar-refractivity contribution in [2.75, 3.05) is 18.5 Å². The van der Waals surface area contributed by atoms with E-state index in [0.29, 0.717) is 35.4 Å². The van der Waals surface area contributed by atoms with Gasteiger partial charge in [-0.15, -0.1) is 0 Å². The van der Waals surface area contributed by atoms with E-state index in [0.717, 1.165) is 11.8 Å². The number of furan rings is 1. The molecule has 0 aliphatic carbocycles. The SMILES string of the molecule is CCCC(=O)Nc1ccc(C(=O)COC(=O)c2oc3ccccc3c2COCC)cc1. The van der Waals surface area contributed by atoms with E-state index in [1.54, 1.807) is 30.3 Å². The number of carbonyl (C=O) groups is 3. The van der Waals surface area contributed by atoms with Crippen molar-refractivity contribution >= 4 is 34.3 Å². The van der Waals surface area contributed by atoms with E-state index in [2.05, 4.69) is 5.32 Å². The second kappa shape index (κ2) is 10.5. The highest BCUT2D eigenvalue weighted by Crippen LogP contribution is 2.27. The van der Waals surface area contributed by atoms with Crippen molar-refractivity contribution < 1.29 is 28.3 Å². The molecule has 0 atom stereocenters. The van der Waals surface area contributed by atoms with Crippen molar-refractivity contribution in [3.63, 3.8) is 0 Å². The van der Waals surface area contributed by atoms with Crippen LogP contribution in [-0.4, -0.2) is 30.9 Å². The summed E-state index contributed by atoms with van der Waals surface area (Å²) in [5.74, 6) is -1.12. The van der Waals surface area contributed by atoms with Crippen molar-refractivity contribution in [1.82, 2.24) is 0 Å². The highest BCUT2D eigenvalue weighted by molar-refractivity contribution is 6.01. The summed E-state index contributed by atoms with van der Waals surface area (Å²) in [6.07, 6.45) is 1.19. The average Bonchev–Trinajstić information content (AvgIpc) is 3.15. The maximum Gasteiger partial charge on any atom is 0.375 e. The van der Waals surface area contributed by atoms with Gasteiger partial charge in [0.05, 0.1) is 6.61 Å². The molecule has 7 nitrogen and oxygen atoms in total. The minimum absolute atomic E-state index is 0.0384. The van der Waals surface area contributed by atoms with E-state index in [1.165, 1.54) is 0 Å². The van der Waals surface area contributed by atoms with Crippen molar-refractivity contribution in [2.45, 2.75) is 33.3 Å². The molecule has 31 heavy (non-hydrogen) atoms. The summed E-state index contributed by atoms with van der Waals surface area (Å²) >= 11 is 0. The van der Waals surface area contributed by atoms with Crippen LogP contribution >= 0.6 is 0 Å². The molecule has 0 unspecified atom stereocenters. The number of fused-ring (bicyclic) bond motifs is 1. The van der Waals surface area contributed by atoms with Crippen LogP contribution in [0.5, 0.6) is 0 Å². The van der Waals surface area contributed by atoms with Crippen LogP contribution in [-0.2, 0) is 20.9 Å². The van der Waals surface area contributed by atoms with Crippen LogP contribution in [0.15, 0.2) is 52.9 Å². The molecule has 0 aliphatic rings. The molecule has 1 N–H and O–H groups in total. The minimum Gasteiger partial charge on any atom is -0.451 e. The topological polar surface area (TPSA) is 94.8 Å². The van der Waals surface area contributed by atoms with E-state index in [9.17, 15) is 14.4 Å². The Labute approximate surface area is 180 Å². The molecule has 2 aromatic carbocycles. The average molecular weight is 423 g/mol. The van der Waals surface area contributed by atoms with Crippen molar-refractivity contribution in [3.05, 3.63) is 65.4 Å². The molecule has 0 aliphatic heterocycles. The van der Waals surface area contributed by atoms with Crippen LogP contribution in [0.4, 0.5) is 5.69 Å². The Kier molecular flexibility index (Phi) is 7.56. The number of hydrogen-bond donors (Lipinski definition) is 1. The van der Waals surface area contributed by atoms with E-state index in [4.69, 9.17) is 13.9 Å². The number of anilines is 1. The van der Waals surface area contributed by atoms with Crippen LogP contribution in [0.1, 0.15) is 53.2 Å². The zero-order valence-corrected chi connectivity index (χ0v) is 17.6. The maximum absolute atomic E-state index is 12.6. The van der Waals surface area contributed by atoms with Gasteiger partial charge >= 0.3 is 5.97 Å². The monoisotopic (exact) mass is 423 g/mol. The number of esters is 1. The first kappa shape index (κ1) is 22.2. The summed E-state index contributed by atoms with van der Waals surface area (Å²) in [5, 5.41) is 3.53. The van der Waals surface area contributed by atoms with Crippen LogP contribution in [0, 0.1) is 0 Å². The summed E-state index contributed by atoms with van der Waals surface area (Å²) < 4.78 is 16.3. The highest BCUT2D eigenvalue weighted by Gasteiger charge is 2.23. The van der Waals surface area contributed by atoms with E-state index < -0.39 is 12.6 Å². The Hall–Kier alpha value is -3.45. The molecule has 0 saturated heterocycles. The molecule has 0 radical (unpaired) electrons. The third kappa shape index (κ3) is 5.58. The largest absolute Gasteiger partial charge is 0.451 e. The summed E-state index contributed by atoms with van der Waals surface area (Å²) in [5.41, 5.74) is 2.13. The molecule has 1 heterocycles. The minimum atomic E-state index is -0.720. The number of Topliss-reactive ketones (excluding diaryl/α,β-unsaturated/α-hetero) is 1. The van der Waals surface area contributed by atoms with E-state index in [-0.39, 0.29) is 24.1 Å². The lowest BCUT2D eigenvalue weighted by atomic mass is 10.1. The number of rotatable bonds is 10. The van der Waals surface area contributed by atoms with Gasteiger partial charge in [-0.1, -0.05) is 25.1 Å². The quantitative estimate of drug-likeness (QED) is 0.374. The van der Waals surface area contributed by atoms with Gasteiger partial charge in [0.15, 0.2) is 12.4 Å². The fraction of sp³-hybridized carbons (Fsp3) is 0.292. The lowest BCUT2D eigenvalue weighted by Crippen LogP contribution is -2.15. The van der Waals surface area contributed by atoms with Gasteiger partial charge in [0, 0.05) is 35.2 Å². The van der Waals surface area contributed by atoms with Crippen molar-refractivity contribution in [2.24, 2.45) is 0 Å². The smallest absolute Gasteiger partial charge is 0.375 e. The predicted molar refractivity (Wildman–Crippen MR) is 116 cm³/mol. The molecule has 7 heteroatoms. The van der Waals surface area contributed by atoms with E-state index in [1.807, 2.05) is 32.0 Å². The number of ether oxygens (including phenoxy) is 2. The number of para-hydroxylation sites is 1. The van der Waals surface area contributed by atoms with Gasteiger partial charge in [0.1, 0.15) is 5.58 Å². The van der Waals surface area contributed by atoms with Gasteiger partial charge in [-0.05, 0) is 43.7 Å². The Morgan fingerprint density at radius 3 is 2.45 bits per heavy atom. The Morgan fingerprint density at radius 1 is 1.00 bits per heavy atom. The Bertz CT molecular complexity index is 1070. The fourth-order valence-corrected chi connectivity index (χ4v) is 3.08. The second-order valence-electron chi connectivity index (χ2n) is 6.92. The van der Waals surface area contributed by atoms with Crippen LogP contribution in [0.2, 0.25) is 0 Å². The predicted octanol–water partition coefficient (Wildman–Crippen LogP) is 4.75. The number of nitrogens with one attached hydrogen (secondary N) is 1. The molecule has 3 aromatic rings. The number of benzene rings is 2. The van der Waals surface area contributed by atoms with Crippen molar-refractivity contribution in [3.8, 4) is 0 Å². The third-order valence-electron chi connectivity index (χ3n) is 4.64. The van der Waals surface area contributed by atoms with Gasteiger partial charge in [-0.25, -0.2) is 4.79 Å². The molecule has 3 rings (SSSR count). The molecule has 1 aromatic heterocycles. The lowest BCUT2D eigenvalue weighted by Gasteiger charge is -2.07. The molecular formula is C24H25NO6. The number of amides is 1. The standard InChI is InChI=1S/C24H25NO6/c1-3-7-22(27)25-17-12-10-16(11-13-17)20(26)15-30-24(28)23-19(14-29-4-2)18-8-5-6-9-21(18)31-23/h5-6,8-13H,3-4,7,14-15H2,1-2H3,(H,25,27). The molecule has 0 bridgehead atoms. The van der Waals surface area contributed by atoms with Crippen molar-refractivity contribution in [1.29, 1.82) is 0 Å². The van der Waals surface area contributed by atoms with Crippen LogP contribution in [0.3, 0.4) is 0 Å². The summed E-state index contributed by atoms with van der Waals surface area (Å²) in [7, 11) is 0. The van der Waals surface area contributed by atoms with Gasteiger partial charge in [-0.3, -0.25) is 9.59 Å². The van der Waals surface area contributed by atoms with Crippen LogP contribution in [0.25, 0.3) is 11.0 Å². The van der Waals surface area contributed by atoms with Gasteiger partial charge < -0.3 is 19.2 Å². The Balaban J connectivity index is 1.65. The third-order valence-corrected chi connectivity index (χ3v) is 4.64. The Morgan fingerprint density at radius 2 is 1.74 bits per heavy atom. The lowest BCUT2D eigenvalue weighted by molar-refractivity contribution is -0.116. The zero-order valence-electron chi connectivity index (χ0n) is 17.6. The van der Waals surface area contributed by atoms with E-state index >= 15 is 0 Å². The first-order chi connectivity index (χ1) is 15.0. The normalized spacial score (nSPS) is 10.8. The van der Waals surface area contributed by atoms with Crippen LogP contribution < -0.4 is 5.32 Å². The van der Waals surface area contributed by atoms with Gasteiger partial charge in [-0.2, -0.15) is 0 Å². The molecule has 0 fully saturated rings.